The number of aliphatic hydroxyl groups excluding tert-OH is 1. The van der Waals surface area contributed by atoms with Crippen LogP contribution in [0.5, 0.6) is 11.5 Å². The van der Waals surface area contributed by atoms with Crippen LogP contribution in [0.2, 0.25) is 0 Å². The zero-order valence-corrected chi connectivity index (χ0v) is 12.7. The molecule has 2 unspecified atom stereocenters. The maximum absolute atomic E-state index is 10.8. The summed E-state index contributed by atoms with van der Waals surface area (Å²) in [6.45, 7) is 2.08. The summed E-state index contributed by atoms with van der Waals surface area (Å²) in [6, 6.07) is 15.6. The molecule has 0 saturated heterocycles. The Morgan fingerprint density at radius 3 is 2.29 bits per heavy atom. The number of hydrogen-bond acceptors (Lipinski definition) is 3. The molecule has 112 valence electrons. The average Bonchev–Trinajstić information content (AvgIpc) is 2.55. The highest BCUT2D eigenvalue weighted by molar-refractivity contribution is 5.43. The van der Waals surface area contributed by atoms with Crippen LogP contribution < -0.4 is 9.47 Å². The summed E-state index contributed by atoms with van der Waals surface area (Å²) in [6.07, 6.45) is 0.202. The molecule has 0 aliphatic carbocycles. The van der Waals surface area contributed by atoms with Crippen molar-refractivity contribution in [2.45, 2.75) is 25.4 Å². The molecule has 0 heterocycles. The Hall–Kier alpha value is -2.00. The molecule has 2 aromatic rings. The average molecular weight is 286 g/mol. The van der Waals surface area contributed by atoms with Crippen LogP contribution >= 0.6 is 0 Å². The third-order valence-corrected chi connectivity index (χ3v) is 3.80. The van der Waals surface area contributed by atoms with Crippen molar-refractivity contribution in [1.82, 2.24) is 0 Å². The van der Waals surface area contributed by atoms with Gasteiger partial charge in [0.05, 0.1) is 20.3 Å². The fraction of sp³-hybridized carbons (Fsp3) is 0.333. The highest BCUT2D eigenvalue weighted by Crippen LogP contribution is 2.39. The summed E-state index contributed by atoms with van der Waals surface area (Å²) in [5.41, 5.74) is 1.88. The molecule has 2 atom stereocenters. The van der Waals surface area contributed by atoms with Gasteiger partial charge in [-0.1, -0.05) is 37.3 Å². The smallest absolute Gasteiger partial charge is 0.124 e. The second-order valence-corrected chi connectivity index (χ2v) is 4.98. The van der Waals surface area contributed by atoms with Gasteiger partial charge in [0.25, 0.3) is 0 Å². The number of benzene rings is 2. The lowest BCUT2D eigenvalue weighted by Gasteiger charge is -2.24. The molecular formula is C18H22O3. The molecule has 0 aliphatic rings. The fourth-order valence-corrected chi connectivity index (χ4v) is 2.63. The van der Waals surface area contributed by atoms with Gasteiger partial charge in [-0.15, -0.1) is 0 Å². The van der Waals surface area contributed by atoms with Crippen molar-refractivity contribution in [3.63, 3.8) is 0 Å². The van der Waals surface area contributed by atoms with Crippen LogP contribution in [0.25, 0.3) is 0 Å². The number of methoxy groups -OCH3 is 2. The zero-order chi connectivity index (χ0) is 15.2. The summed E-state index contributed by atoms with van der Waals surface area (Å²) >= 11 is 0. The summed E-state index contributed by atoms with van der Waals surface area (Å²) < 4.78 is 10.6. The van der Waals surface area contributed by atoms with Crippen LogP contribution in [-0.4, -0.2) is 19.3 Å². The van der Waals surface area contributed by atoms with E-state index in [0.717, 1.165) is 17.5 Å². The largest absolute Gasteiger partial charge is 0.497 e. The van der Waals surface area contributed by atoms with E-state index >= 15 is 0 Å². The maximum atomic E-state index is 10.8. The monoisotopic (exact) mass is 286 g/mol. The minimum absolute atomic E-state index is 0.0206. The Kier molecular flexibility index (Phi) is 5.23. The molecule has 2 aromatic carbocycles. The fourth-order valence-electron chi connectivity index (χ4n) is 2.63. The Morgan fingerprint density at radius 2 is 1.71 bits per heavy atom. The third-order valence-electron chi connectivity index (χ3n) is 3.80. The van der Waals surface area contributed by atoms with E-state index in [9.17, 15) is 5.11 Å². The van der Waals surface area contributed by atoms with Gasteiger partial charge < -0.3 is 14.6 Å². The topological polar surface area (TPSA) is 38.7 Å². The SMILES string of the molecule is CCC(c1ccccc1)C(O)c1cc(OC)ccc1OC. The van der Waals surface area contributed by atoms with E-state index in [1.54, 1.807) is 14.2 Å². The van der Waals surface area contributed by atoms with Gasteiger partial charge in [0, 0.05) is 11.5 Å². The normalized spacial score (nSPS) is 13.5. The zero-order valence-electron chi connectivity index (χ0n) is 12.7. The van der Waals surface area contributed by atoms with Gasteiger partial charge in [0.15, 0.2) is 0 Å². The molecule has 21 heavy (non-hydrogen) atoms. The van der Waals surface area contributed by atoms with Crippen molar-refractivity contribution >= 4 is 0 Å². The number of rotatable bonds is 6. The van der Waals surface area contributed by atoms with E-state index in [2.05, 4.69) is 6.92 Å². The lowest BCUT2D eigenvalue weighted by atomic mass is 9.87. The molecule has 3 nitrogen and oxygen atoms in total. The second-order valence-electron chi connectivity index (χ2n) is 4.98. The molecule has 0 saturated carbocycles. The van der Waals surface area contributed by atoms with Gasteiger partial charge in [-0.05, 0) is 30.2 Å². The first-order valence-corrected chi connectivity index (χ1v) is 7.16. The highest BCUT2D eigenvalue weighted by Gasteiger charge is 2.24. The number of aliphatic hydroxyl groups is 1. The second kappa shape index (κ2) is 7.14. The van der Waals surface area contributed by atoms with Gasteiger partial charge in [-0.25, -0.2) is 0 Å². The maximum Gasteiger partial charge on any atom is 0.124 e. The Labute approximate surface area is 126 Å². The van der Waals surface area contributed by atoms with Crippen LogP contribution in [0.3, 0.4) is 0 Å². The van der Waals surface area contributed by atoms with Crippen molar-refractivity contribution in [2.24, 2.45) is 0 Å². The summed E-state index contributed by atoms with van der Waals surface area (Å²) in [5, 5.41) is 10.8. The molecule has 0 aromatic heterocycles. The predicted octanol–water partition coefficient (Wildman–Crippen LogP) is 3.93. The molecular weight excluding hydrogens is 264 g/mol. The van der Waals surface area contributed by atoms with E-state index < -0.39 is 6.10 Å². The minimum Gasteiger partial charge on any atom is -0.497 e. The van der Waals surface area contributed by atoms with Gasteiger partial charge in [-0.2, -0.15) is 0 Å². The summed E-state index contributed by atoms with van der Waals surface area (Å²) in [7, 11) is 3.23. The first kappa shape index (κ1) is 15.4. The van der Waals surface area contributed by atoms with E-state index in [0.29, 0.717) is 11.5 Å². The van der Waals surface area contributed by atoms with Gasteiger partial charge in [0.2, 0.25) is 0 Å². The van der Waals surface area contributed by atoms with Crippen LogP contribution in [0.1, 0.15) is 36.5 Å². The number of hydrogen-bond donors (Lipinski definition) is 1. The first-order chi connectivity index (χ1) is 10.2. The van der Waals surface area contributed by atoms with E-state index in [1.807, 2.05) is 48.5 Å². The van der Waals surface area contributed by atoms with Crippen LogP contribution in [0.4, 0.5) is 0 Å². The molecule has 2 rings (SSSR count). The predicted molar refractivity (Wildman–Crippen MR) is 84.0 cm³/mol. The number of ether oxygens (including phenoxy) is 2. The highest BCUT2D eigenvalue weighted by atomic mass is 16.5. The minimum atomic E-state index is -0.637. The van der Waals surface area contributed by atoms with E-state index in [1.165, 1.54) is 0 Å². The van der Waals surface area contributed by atoms with Crippen molar-refractivity contribution in [2.75, 3.05) is 14.2 Å². The lowest BCUT2D eigenvalue weighted by molar-refractivity contribution is 0.138. The van der Waals surface area contributed by atoms with Crippen molar-refractivity contribution in [3.05, 3.63) is 59.7 Å². The van der Waals surface area contributed by atoms with Crippen molar-refractivity contribution in [1.29, 1.82) is 0 Å². The molecule has 0 amide bonds. The molecule has 3 heteroatoms. The van der Waals surface area contributed by atoms with E-state index in [4.69, 9.17) is 9.47 Å². The molecule has 0 spiro atoms. The molecule has 1 N–H and O–H groups in total. The molecule has 0 fully saturated rings. The van der Waals surface area contributed by atoms with Gasteiger partial charge in [-0.3, -0.25) is 0 Å². The van der Waals surface area contributed by atoms with Gasteiger partial charge >= 0.3 is 0 Å². The summed E-state index contributed by atoms with van der Waals surface area (Å²) in [5.74, 6) is 1.41. The van der Waals surface area contributed by atoms with Gasteiger partial charge in [0.1, 0.15) is 11.5 Å². The lowest BCUT2D eigenvalue weighted by Crippen LogP contribution is -2.11. The van der Waals surface area contributed by atoms with Crippen LogP contribution in [-0.2, 0) is 0 Å². The van der Waals surface area contributed by atoms with E-state index in [-0.39, 0.29) is 5.92 Å². The van der Waals surface area contributed by atoms with Crippen LogP contribution in [0.15, 0.2) is 48.5 Å². The Bertz CT molecular complexity index is 566. The molecule has 0 bridgehead atoms. The quantitative estimate of drug-likeness (QED) is 0.874. The standard InChI is InChI=1S/C18H22O3/c1-4-15(13-8-6-5-7-9-13)18(19)16-12-14(20-2)10-11-17(16)21-3/h5-12,15,18-19H,4H2,1-3H3. The summed E-state index contributed by atoms with van der Waals surface area (Å²) in [4.78, 5) is 0. The Balaban J connectivity index is 2.39. The van der Waals surface area contributed by atoms with Crippen molar-refractivity contribution in [3.8, 4) is 11.5 Å². The first-order valence-electron chi connectivity index (χ1n) is 7.16. The molecule has 0 radical (unpaired) electrons. The third kappa shape index (κ3) is 3.37. The molecule has 0 aliphatic heterocycles. The van der Waals surface area contributed by atoms with Crippen molar-refractivity contribution < 1.29 is 14.6 Å². The Morgan fingerprint density at radius 1 is 1.00 bits per heavy atom. The van der Waals surface area contributed by atoms with Crippen LogP contribution in [0, 0.1) is 0 Å².